The summed E-state index contributed by atoms with van der Waals surface area (Å²) in [7, 11) is 0. The fourth-order valence-corrected chi connectivity index (χ4v) is 4.25. The molecular formula is C21H19NO3S. The zero-order valence-corrected chi connectivity index (χ0v) is 15.1. The smallest absolute Gasteiger partial charge is 0.243 e. The summed E-state index contributed by atoms with van der Waals surface area (Å²) in [6.45, 7) is 1.58. The normalized spacial score (nSPS) is 19.0. The summed E-state index contributed by atoms with van der Waals surface area (Å²) in [5.74, 6) is 0.351. The molecule has 1 N–H and O–H groups in total. The van der Waals surface area contributed by atoms with E-state index in [-0.39, 0.29) is 6.10 Å². The monoisotopic (exact) mass is 365 g/mol. The number of thioether (sulfide) groups is 1. The van der Waals surface area contributed by atoms with Crippen LogP contribution in [0.3, 0.4) is 0 Å². The summed E-state index contributed by atoms with van der Waals surface area (Å²) in [4.78, 5) is 25.0. The summed E-state index contributed by atoms with van der Waals surface area (Å²) in [5.41, 5.74) is 2.47. The van der Waals surface area contributed by atoms with Crippen molar-refractivity contribution in [3.63, 3.8) is 0 Å². The molecule has 0 saturated carbocycles. The van der Waals surface area contributed by atoms with E-state index in [9.17, 15) is 9.59 Å². The molecule has 26 heavy (non-hydrogen) atoms. The average molecular weight is 365 g/mol. The van der Waals surface area contributed by atoms with Crippen molar-refractivity contribution < 1.29 is 14.3 Å². The lowest BCUT2D eigenvalue weighted by atomic mass is 9.93. The molecule has 5 heteroatoms. The Hall–Kier alpha value is -2.37. The van der Waals surface area contributed by atoms with Crippen LogP contribution in [-0.4, -0.2) is 36.5 Å². The molecule has 1 aliphatic heterocycles. The van der Waals surface area contributed by atoms with Gasteiger partial charge in [0.25, 0.3) is 0 Å². The Balaban J connectivity index is 1.40. The Morgan fingerprint density at radius 3 is 2.50 bits per heavy atom. The van der Waals surface area contributed by atoms with E-state index in [2.05, 4.69) is 17.4 Å². The van der Waals surface area contributed by atoms with Crippen molar-refractivity contribution in [2.45, 2.75) is 12.5 Å². The molecule has 2 aliphatic rings. The maximum absolute atomic E-state index is 12.3. The summed E-state index contributed by atoms with van der Waals surface area (Å²) in [6, 6.07) is 17.5. The van der Waals surface area contributed by atoms with Gasteiger partial charge < -0.3 is 10.1 Å². The third kappa shape index (κ3) is 3.32. The number of Topliss-reactive ketones (excluding diaryl/α,β-unsaturated/α-hetero) is 2. The van der Waals surface area contributed by atoms with Crippen LogP contribution in [0, 0.1) is 0 Å². The molecule has 1 unspecified atom stereocenters. The van der Waals surface area contributed by atoms with E-state index in [0.29, 0.717) is 28.5 Å². The summed E-state index contributed by atoms with van der Waals surface area (Å²) < 4.78 is 6.11. The van der Waals surface area contributed by atoms with E-state index in [0.717, 1.165) is 18.5 Å². The number of allylic oxidation sites excluding steroid dienone is 1. The Kier molecular flexibility index (Phi) is 4.91. The molecule has 0 fully saturated rings. The van der Waals surface area contributed by atoms with Crippen molar-refractivity contribution in [2.75, 3.05) is 18.8 Å². The van der Waals surface area contributed by atoms with Gasteiger partial charge >= 0.3 is 0 Å². The topological polar surface area (TPSA) is 55.4 Å². The van der Waals surface area contributed by atoms with Gasteiger partial charge in [-0.25, -0.2) is 0 Å². The maximum Gasteiger partial charge on any atom is 0.243 e. The largest absolute Gasteiger partial charge is 0.486 e. The molecule has 0 spiro atoms. The molecule has 1 aliphatic carbocycles. The third-order valence-electron chi connectivity index (χ3n) is 4.54. The number of rotatable bonds is 5. The number of nitrogens with one attached hydrogen (secondary N) is 1. The Morgan fingerprint density at radius 1 is 0.962 bits per heavy atom. The molecule has 4 nitrogen and oxygen atoms in total. The van der Waals surface area contributed by atoms with Gasteiger partial charge in [-0.2, -0.15) is 0 Å². The van der Waals surface area contributed by atoms with Crippen LogP contribution in [0.1, 0.15) is 21.5 Å². The van der Waals surface area contributed by atoms with Gasteiger partial charge in [0.15, 0.2) is 0 Å². The lowest BCUT2D eigenvalue weighted by molar-refractivity contribution is -0.111. The molecule has 1 atom stereocenters. The number of ketones is 2. The van der Waals surface area contributed by atoms with Crippen LogP contribution in [0.2, 0.25) is 0 Å². The average Bonchev–Trinajstić information content (AvgIpc) is 2.70. The first kappa shape index (κ1) is 17.1. The first-order valence-corrected chi connectivity index (χ1v) is 9.69. The van der Waals surface area contributed by atoms with E-state index >= 15 is 0 Å². The predicted molar refractivity (Wildman–Crippen MR) is 103 cm³/mol. The Morgan fingerprint density at radius 2 is 1.69 bits per heavy atom. The number of benzene rings is 2. The molecular weight excluding hydrogens is 346 g/mol. The number of carbonyl (C=O) groups excluding carboxylic acids is 2. The fourth-order valence-electron chi connectivity index (χ4n) is 3.20. The SMILES string of the molecule is O=C1C(=O)c2ccccc2C2=C1SCC(CNCCc1ccccc1)O2. The van der Waals surface area contributed by atoms with E-state index in [1.807, 2.05) is 30.3 Å². The highest BCUT2D eigenvalue weighted by Gasteiger charge is 2.37. The van der Waals surface area contributed by atoms with Crippen molar-refractivity contribution in [1.82, 2.24) is 5.32 Å². The van der Waals surface area contributed by atoms with Crippen molar-refractivity contribution in [2.24, 2.45) is 0 Å². The summed E-state index contributed by atoms with van der Waals surface area (Å²) in [5, 5.41) is 3.43. The van der Waals surface area contributed by atoms with Crippen molar-refractivity contribution >= 4 is 29.1 Å². The van der Waals surface area contributed by atoms with Gasteiger partial charge in [0.05, 0.1) is 0 Å². The summed E-state index contributed by atoms with van der Waals surface area (Å²) in [6.07, 6.45) is 0.938. The Labute approximate surface area is 156 Å². The molecule has 132 valence electrons. The standard InChI is InChI=1S/C21H19NO3S/c23-18-16-8-4-5-9-17(16)20-21(19(18)24)26-13-15(25-20)12-22-11-10-14-6-2-1-3-7-14/h1-9,15,22H,10-13H2. The van der Waals surface area contributed by atoms with Crippen LogP contribution in [0.5, 0.6) is 0 Å². The van der Waals surface area contributed by atoms with Gasteiger partial charge in [-0.1, -0.05) is 54.6 Å². The molecule has 2 aromatic rings. The third-order valence-corrected chi connectivity index (χ3v) is 5.74. The Bertz CT molecular complexity index is 876. The highest BCUT2D eigenvalue weighted by molar-refractivity contribution is 8.04. The van der Waals surface area contributed by atoms with Crippen LogP contribution < -0.4 is 5.32 Å². The lowest BCUT2D eigenvalue weighted by Gasteiger charge is -2.30. The molecule has 0 radical (unpaired) electrons. The first-order valence-electron chi connectivity index (χ1n) is 8.71. The first-order chi connectivity index (χ1) is 12.7. The molecule has 2 aromatic carbocycles. The van der Waals surface area contributed by atoms with E-state index in [1.165, 1.54) is 17.3 Å². The second-order valence-corrected chi connectivity index (χ2v) is 7.38. The molecule has 0 aromatic heterocycles. The fraction of sp³-hybridized carbons (Fsp3) is 0.238. The van der Waals surface area contributed by atoms with Crippen molar-refractivity contribution in [3.05, 3.63) is 76.2 Å². The minimum Gasteiger partial charge on any atom is -0.486 e. The second kappa shape index (κ2) is 7.48. The van der Waals surface area contributed by atoms with Gasteiger partial charge in [0.1, 0.15) is 16.8 Å². The lowest BCUT2D eigenvalue weighted by Crippen LogP contribution is -2.36. The highest BCUT2D eigenvalue weighted by atomic mass is 32.2. The predicted octanol–water partition coefficient (Wildman–Crippen LogP) is 3.08. The van der Waals surface area contributed by atoms with Crippen LogP contribution in [0.15, 0.2) is 59.5 Å². The van der Waals surface area contributed by atoms with Crippen molar-refractivity contribution in [1.29, 1.82) is 0 Å². The van der Waals surface area contributed by atoms with Crippen LogP contribution in [0.4, 0.5) is 0 Å². The number of hydrogen-bond donors (Lipinski definition) is 1. The van der Waals surface area contributed by atoms with Gasteiger partial charge in [0.2, 0.25) is 11.6 Å². The molecule has 0 bridgehead atoms. The number of ether oxygens (including phenoxy) is 1. The van der Waals surface area contributed by atoms with Crippen LogP contribution in [0.25, 0.3) is 5.76 Å². The van der Waals surface area contributed by atoms with Gasteiger partial charge in [0, 0.05) is 23.4 Å². The van der Waals surface area contributed by atoms with Crippen LogP contribution in [-0.2, 0) is 16.0 Å². The highest BCUT2D eigenvalue weighted by Crippen LogP contribution is 2.40. The van der Waals surface area contributed by atoms with Crippen LogP contribution >= 0.6 is 11.8 Å². The van der Waals surface area contributed by atoms with Gasteiger partial charge in [-0.15, -0.1) is 11.8 Å². The maximum atomic E-state index is 12.3. The summed E-state index contributed by atoms with van der Waals surface area (Å²) >= 11 is 1.43. The number of hydrogen-bond acceptors (Lipinski definition) is 5. The minimum absolute atomic E-state index is 0.0245. The number of fused-ring (bicyclic) bond motifs is 2. The molecule has 0 amide bonds. The van der Waals surface area contributed by atoms with Gasteiger partial charge in [-0.05, 0) is 18.5 Å². The molecule has 4 rings (SSSR count). The van der Waals surface area contributed by atoms with Crippen molar-refractivity contribution in [3.8, 4) is 0 Å². The second-order valence-electron chi connectivity index (χ2n) is 6.35. The molecule has 1 heterocycles. The van der Waals surface area contributed by atoms with E-state index < -0.39 is 11.6 Å². The number of carbonyl (C=O) groups is 2. The van der Waals surface area contributed by atoms with E-state index in [4.69, 9.17) is 4.74 Å². The minimum atomic E-state index is -0.445. The molecule has 0 saturated heterocycles. The quantitative estimate of drug-likeness (QED) is 0.652. The zero-order chi connectivity index (χ0) is 17.9. The zero-order valence-electron chi connectivity index (χ0n) is 14.2. The van der Waals surface area contributed by atoms with E-state index in [1.54, 1.807) is 12.1 Å². The van der Waals surface area contributed by atoms with Gasteiger partial charge in [-0.3, -0.25) is 9.59 Å².